The van der Waals surface area contributed by atoms with Gasteiger partial charge in [-0.2, -0.15) is 0 Å². The molecule has 0 spiro atoms. The number of hydrogen-bond acceptors (Lipinski definition) is 2. The van der Waals surface area contributed by atoms with Crippen molar-refractivity contribution in [3.05, 3.63) is 35.6 Å². The van der Waals surface area contributed by atoms with Gasteiger partial charge in [0.2, 0.25) is 0 Å². The number of aliphatic hydroxyl groups is 1. The summed E-state index contributed by atoms with van der Waals surface area (Å²) < 4.78 is 5.75. The second-order valence-electron chi connectivity index (χ2n) is 5.82. The first-order valence-electron chi connectivity index (χ1n) is 7.42. The molecule has 0 aliphatic heterocycles. The highest BCUT2D eigenvalue weighted by Gasteiger charge is 2.23. The molecule has 1 aromatic heterocycles. The van der Waals surface area contributed by atoms with Crippen LogP contribution in [0.25, 0.3) is 11.0 Å². The third kappa shape index (κ3) is 2.55. The lowest BCUT2D eigenvalue weighted by molar-refractivity contribution is 0.131. The molecule has 2 heteroatoms. The average Bonchev–Trinajstić information content (AvgIpc) is 2.75. The molecule has 0 bridgehead atoms. The van der Waals surface area contributed by atoms with E-state index in [2.05, 4.69) is 0 Å². The molecule has 1 N–H and O–H groups in total. The van der Waals surface area contributed by atoms with Gasteiger partial charge in [0.1, 0.15) is 11.3 Å². The first-order chi connectivity index (χ1) is 9.25. The summed E-state index contributed by atoms with van der Waals surface area (Å²) in [6, 6.07) is 8.00. The highest BCUT2D eigenvalue weighted by atomic mass is 16.3. The molecule has 0 amide bonds. The molecule has 2 nitrogen and oxygen atoms in total. The standard InChI is InChI=1S/C17H22O2/c1-12-17(14-9-5-6-10-16(14)19-12)15(18)11-13-7-3-2-4-8-13/h5-6,9-10,13,15,18H,2-4,7-8,11H2,1H3. The van der Waals surface area contributed by atoms with Crippen molar-refractivity contribution in [2.45, 2.75) is 51.6 Å². The Balaban J connectivity index is 1.84. The van der Waals surface area contributed by atoms with Gasteiger partial charge in [-0.3, -0.25) is 0 Å². The first-order valence-corrected chi connectivity index (χ1v) is 7.42. The summed E-state index contributed by atoms with van der Waals surface area (Å²) >= 11 is 0. The van der Waals surface area contributed by atoms with E-state index in [1.807, 2.05) is 31.2 Å². The van der Waals surface area contributed by atoms with Crippen LogP contribution in [0.3, 0.4) is 0 Å². The number of fused-ring (bicyclic) bond motifs is 1. The fourth-order valence-corrected chi connectivity index (χ4v) is 3.46. The van der Waals surface area contributed by atoms with Crippen molar-refractivity contribution in [2.24, 2.45) is 5.92 Å². The van der Waals surface area contributed by atoms with Gasteiger partial charge in [-0.05, 0) is 25.3 Å². The minimum Gasteiger partial charge on any atom is -0.461 e. The number of aryl methyl sites for hydroxylation is 1. The highest BCUT2D eigenvalue weighted by molar-refractivity contribution is 5.82. The Labute approximate surface area is 114 Å². The van der Waals surface area contributed by atoms with Crippen molar-refractivity contribution in [3.63, 3.8) is 0 Å². The van der Waals surface area contributed by atoms with Gasteiger partial charge >= 0.3 is 0 Å². The van der Waals surface area contributed by atoms with Crippen LogP contribution < -0.4 is 0 Å². The largest absolute Gasteiger partial charge is 0.461 e. The van der Waals surface area contributed by atoms with Gasteiger partial charge in [0, 0.05) is 10.9 Å². The van der Waals surface area contributed by atoms with Gasteiger partial charge in [0.05, 0.1) is 6.10 Å². The molecular formula is C17H22O2. The normalized spacial score (nSPS) is 18.8. The van der Waals surface area contributed by atoms with Gasteiger partial charge in [0.15, 0.2) is 0 Å². The predicted molar refractivity (Wildman–Crippen MR) is 77.1 cm³/mol. The summed E-state index contributed by atoms with van der Waals surface area (Å²) in [6.45, 7) is 1.96. The van der Waals surface area contributed by atoms with Crippen LogP contribution in [0.15, 0.2) is 28.7 Å². The number of furan rings is 1. The van der Waals surface area contributed by atoms with Gasteiger partial charge in [-0.25, -0.2) is 0 Å². The van der Waals surface area contributed by atoms with Gasteiger partial charge in [-0.1, -0.05) is 50.3 Å². The SMILES string of the molecule is Cc1oc2ccccc2c1C(O)CC1CCCCC1. The minimum atomic E-state index is -0.383. The molecule has 1 aliphatic carbocycles. The molecule has 0 saturated heterocycles. The van der Waals surface area contributed by atoms with Crippen LogP contribution in [0.2, 0.25) is 0 Å². The summed E-state index contributed by atoms with van der Waals surface area (Å²) in [5.74, 6) is 1.54. The van der Waals surface area contributed by atoms with E-state index in [1.54, 1.807) is 0 Å². The third-order valence-corrected chi connectivity index (χ3v) is 4.43. The lowest BCUT2D eigenvalue weighted by Gasteiger charge is -2.24. The van der Waals surface area contributed by atoms with E-state index in [9.17, 15) is 5.11 Å². The van der Waals surface area contributed by atoms with Crippen molar-refractivity contribution < 1.29 is 9.52 Å². The Hall–Kier alpha value is -1.28. The number of aliphatic hydroxyl groups excluding tert-OH is 1. The Morgan fingerprint density at radius 1 is 1.21 bits per heavy atom. The second-order valence-corrected chi connectivity index (χ2v) is 5.82. The van der Waals surface area contributed by atoms with Crippen LogP contribution in [0, 0.1) is 12.8 Å². The zero-order valence-electron chi connectivity index (χ0n) is 11.6. The molecule has 102 valence electrons. The van der Waals surface area contributed by atoms with Crippen molar-refractivity contribution in [2.75, 3.05) is 0 Å². The highest BCUT2D eigenvalue weighted by Crippen LogP contribution is 2.36. The molecule has 19 heavy (non-hydrogen) atoms. The number of benzene rings is 1. The van der Waals surface area contributed by atoms with Crippen LogP contribution in [-0.4, -0.2) is 5.11 Å². The zero-order valence-corrected chi connectivity index (χ0v) is 11.6. The lowest BCUT2D eigenvalue weighted by atomic mass is 9.84. The van der Waals surface area contributed by atoms with E-state index in [0.29, 0.717) is 5.92 Å². The van der Waals surface area contributed by atoms with E-state index in [0.717, 1.165) is 28.7 Å². The molecule has 1 aromatic carbocycles. The predicted octanol–water partition coefficient (Wildman–Crippen LogP) is 4.75. The van der Waals surface area contributed by atoms with E-state index in [-0.39, 0.29) is 6.10 Å². The van der Waals surface area contributed by atoms with E-state index < -0.39 is 0 Å². The average molecular weight is 258 g/mol. The molecule has 2 aromatic rings. The van der Waals surface area contributed by atoms with Crippen LogP contribution in [0.5, 0.6) is 0 Å². The quantitative estimate of drug-likeness (QED) is 0.862. The van der Waals surface area contributed by atoms with Crippen LogP contribution >= 0.6 is 0 Å². The Morgan fingerprint density at radius 2 is 1.95 bits per heavy atom. The van der Waals surface area contributed by atoms with E-state index in [1.165, 1.54) is 32.1 Å². The van der Waals surface area contributed by atoms with Gasteiger partial charge in [0.25, 0.3) is 0 Å². The number of hydrogen-bond donors (Lipinski definition) is 1. The lowest BCUT2D eigenvalue weighted by Crippen LogP contribution is -2.11. The van der Waals surface area contributed by atoms with E-state index in [4.69, 9.17) is 4.42 Å². The second kappa shape index (κ2) is 5.38. The summed E-state index contributed by atoms with van der Waals surface area (Å²) in [5.41, 5.74) is 1.89. The molecular weight excluding hydrogens is 236 g/mol. The van der Waals surface area contributed by atoms with Crippen molar-refractivity contribution in [1.29, 1.82) is 0 Å². The number of para-hydroxylation sites is 1. The van der Waals surface area contributed by atoms with E-state index >= 15 is 0 Å². The van der Waals surface area contributed by atoms with Gasteiger partial charge < -0.3 is 9.52 Å². The van der Waals surface area contributed by atoms with Crippen LogP contribution in [0.1, 0.15) is 56.0 Å². The molecule has 1 heterocycles. The Kier molecular flexibility index (Phi) is 3.61. The third-order valence-electron chi connectivity index (χ3n) is 4.43. The summed E-state index contributed by atoms with van der Waals surface area (Å²) in [4.78, 5) is 0. The maximum Gasteiger partial charge on any atom is 0.134 e. The van der Waals surface area contributed by atoms with Crippen LogP contribution in [-0.2, 0) is 0 Å². The monoisotopic (exact) mass is 258 g/mol. The van der Waals surface area contributed by atoms with Gasteiger partial charge in [-0.15, -0.1) is 0 Å². The summed E-state index contributed by atoms with van der Waals surface area (Å²) in [5, 5.41) is 11.7. The summed E-state index contributed by atoms with van der Waals surface area (Å²) in [7, 11) is 0. The minimum absolute atomic E-state index is 0.383. The fraction of sp³-hybridized carbons (Fsp3) is 0.529. The van der Waals surface area contributed by atoms with Crippen molar-refractivity contribution in [1.82, 2.24) is 0 Å². The zero-order chi connectivity index (χ0) is 13.2. The van der Waals surface area contributed by atoms with Crippen molar-refractivity contribution in [3.8, 4) is 0 Å². The molecule has 1 fully saturated rings. The van der Waals surface area contributed by atoms with Crippen LogP contribution in [0.4, 0.5) is 0 Å². The Morgan fingerprint density at radius 3 is 2.74 bits per heavy atom. The smallest absolute Gasteiger partial charge is 0.134 e. The Bertz CT molecular complexity index is 549. The molecule has 3 rings (SSSR count). The maximum absolute atomic E-state index is 10.6. The first kappa shape index (κ1) is 12.7. The molecule has 1 saturated carbocycles. The topological polar surface area (TPSA) is 33.4 Å². The fourth-order valence-electron chi connectivity index (χ4n) is 3.46. The number of rotatable bonds is 3. The molecule has 1 unspecified atom stereocenters. The molecule has 1 atom stereocenters. The van der Waals surface area contributed by atoms with Crippen molar-refractivity contribution >= 4 is 11.0 Å². The maximum atomic E-state index is 10.6. The molecule has 0 radical (unpaired) electrons. The molecule has 1 aliphatic rings. The summed E-state index contributed by atoms with van der Waals surface area (Å²) in [6.07, 6.45) is 7.04.